The van der Waals surface area contributed by atoms with E-state index in [-0.39, 0.29) is 19.5 Å². The SMILES string of the molecule is O=C(O)[C@H]1CCN(S(=O)(=O)c2cc(F)cc(F)c2)C1. The zero-order chi connectivity index (χ0) is 14.2. The van der Waals surface area contributed by atoms with Crippen molar-refractivity contribution in [3.8, 4) is 0 Å². The standard InChI is InChI=1S/C11H11F2NO4S/c12-8-3-9(13)5-10(4-8)19(17,18)14-2-1-7(6-14)11(15)16/h3-5,7H,1-2,6H2,(H,15,16)/t7-/m0/s1. The molecule has 1 fully saturated rings. The molecular weight excluding hydrogens is 280 g/mol. The Morgan fingerprint density at radius 2 is 1.84 bits per heavy atom. The van der Waals surface area contributed by atoms with Crippen LogP contribution in [0.15, 0.2) is 23.1 Å². The van der Waals surface area contributed by atoms with E-state index in [4.69, 9.17) is 5.11 Å². The lowest BCUT2D eigenvalue weighted by Gasteiger charge is -2.16. The topological polar surface area (TPSA) is 74.7 Å². The summed E-state index contributed by atoms with van der Waals surface area (Å²) >= 11 is 0. The predicted molar refractivity (Wildman–Crippen MR) is 60.9 cm³/mol. The molecule has 1 aliphatic heterocycles. The molecule has 1 aromatic carbocycles. The summed E-state index contributed by atoms with van der Waals surface area (Å²) in [5.74, 6) is -3.85. The summed E-state index contributed by atoms with van der Waals surface area (Å²) < 4.78 is 51.2. The molecular formula is C11H11F2NO4S. The summed E-state index contributed by atoms with van der Waals surface area (Å²) in [5.41, 5.74) is 0. The fourth-order valence-electron chi connectivity index (χ4n) is 1.97. The Hall–Kier alpha value is -1.54. The molecule has 0 aromatic heterocycles. The Bertz CT molecular complexity index is 597. The van der Waals surface area contributed by atoms with Gasteiger partial charge in [0.1, 0.15) is 11.6 Å². The van der Waals surface area contributed by atoms with Crippen LogP contribution in [-0.2, 0) is 14.8 Å². The van der Waals surface area contributed by atoms with Gasteiger partial charge in [-0.2, -0.15) is 4.31 Å². The average molecular weight is 291 g/mol. The molecule has 2 rings (SSSR count). The summed E-state index contributed by atoms with van der Waals surface area (Å²) in [6.45, 7) is -0.159. The molecule has 1 heterocycles. The summed E-state index contributed by atoms with van der Waals surface area (Å²) in [5, 5.41) is 8.81. The third-order valence-electron chi connectivity index (χ3n) is 2.97. The van der Waals surface area contributed by atoms with Crippen LogP contribution in [0.4, 0.5) is 8.78 Å². The Labute approximate surface area is 108 Å². The van der Waals surface area contributed by atoms with E-state index in [0.29, 0.717) is 18.2 Å². The number of rotatable bonds is 3. The van der Waals surface area contributed by atoms with Gasteiger partial charge in [0.2, 0.25) is 10.0 Å². The van der Waals surface area contributed by atoms with Crippen LogP contribution in [0.25, 0.3) is 0 Å². The van der Waals surface area contributed by atoms with E-state index in [1.54, 1.807) is 0 Å². The second-order valence-electron chi connectivity index (χ2n) is 4.29. The maximum atomic E-state index is 13.0. The summed E-state index contributed by atoms with van der Waals surface area (Å²) in [7, 11) is -4.06. The number of carbonyl (C=O) groups is 1. The second-order valence-corrected chi connectivity index (χ2v) is 6.23. The molecule has 1 aliphatic rings. The second kappa shape index (κ2) is 4.86. The number of benzene rings is 1. The highest BCUT2D eigenvalue weighted by Crippen LogP contribution is 2.25. The zero-order valence-corrected chi connectivity index (χ0v) is 10.5. The van der Waals surface area contributed by atoms with Crippen molar-refractivity contribution in [1.82, 2.24) is 4.31 Å². The van der Waals surface area contributed by atoms with Gasteiger partial charge < -0.3 is 5.11 Å². The monoisotopic (exact) mass is 291 g/mol. The van der Waals surface area contributed by atoms with E-state index in [1.807, 2.05) is 0 Å². The third-order valence-corrected chi connectivity index (χ3v) is 4.82. The van der Waals surface area contributed by atoms with Gasteiger partial charge in [0, 0.05) is 19.2 Å². The molecule has 0 saturated carbocycles. The zero-order valence-electron chi connectivity index (χ0n) is 9.71. The van der Waals surface area contributed by atoms with Crippen LogP contribution in [0.3, 0.4) is 0 Å². The normalized spacial score (nSPS) is 20.6. The molecule has 104 valence electrons. The van der Waals surface area contributed by atoms with Gasteiger partial charge in [-0.05, 0) is 18.6 Å². The average Bonchev–Trinajstić information content (AvgIpc) is 2.77. The Morgan fingerprint density at radius 3 is 2.32 bits per heavy atom. The predicted octanol–water partition coefficient (Wildman–Crippen LogP) is 1.06. The van der Waals surface area contributed by atoms with Crippen molar-refractivity contribution >= 4 is 16.0 Å². The smallest absolute Gasteiger partial charge is 0.307 e. The van der Waals surface area contributed by atoms with Crippen LogP contribution in [-0.4, -0.2) is 36.9 Å². The van der Waals surface area contributed by atoms with Crippen LogP contribution in [0, 0.1) is 17.6 Å². The first kappa shape index (κ1) is 13.9. The molecule has 1 atom stereocenters. The molecule has 0 bridgehead atoms. The van der Waals surface area contributed by atoms with Crippen LogP contribution < -0.4 is 0 Å². The third kappa shape index (κ3) is 2.74. The molecule has 8 heteroatoms. The number of sulfonamides is 1. The largest absolute Gasteiger partial charge is 0.481 e. The van der Waals surface area contributed by atoms with Gasteiger partial charge in [0.15, 0.2) is 0 Å². The van der Waals surface area contributed by atoms with E-state index in [9.17, 15) is 22.0 Å². The number of nitrogens with zero attached hydrogens (tertiary/aromatic N) is 1. The first-order chi connectivity index (χ1) is 8.80. The molecule has 1 saturated heterocycles. The van der Waals surface area contributed by atoms with Crippen molar-refractivity contribution in [2.45, 2.75) is 11.3 Å². The summed E-state index contributed by atoms with van der Waals surface area (Å²) in [6.07, 6.45) is 0.187. The Morgan fingerprint density at radius 1 is 1.26 bits per heavy atom. The highest BCUT2D eigenvalue weighted by atomic mass is 32.2. The van der Waals surface area contributed by atoms with Gasteiger partial charge in [0.25, 0.3) is 0 Å². The maximum Gasteiger partial charge on any atom is 0.307 e. The number of carboxylic acids is 1. The lowest BCUT2D eigenvalue weighted by molar-refractivity contribution is -0.141. The van der Waals surface area contributed by atoms with Crippen LogP contribution in [0.1, 0.15) is 6.42 Å². The van der Waals surface area contributed by atoms with Gasteiger partial charge in [0.05, 0.1) is 10.8 Å². The highest BCUT2D eigenvalue weighted by molar-refractivity contribution is 7.89. The first-order valence-electron chi connectivity index (χ1n) is 5.50. The maximum absolute atomic E-state index is 13.0. The summed E-state index contributed by atoms with van der Waals surface area (Å²) in [6, 6.07) is 2.00. The number of carboxylic acid groups (broad SMARTS) is 1. The molecule has 0 spiro atoms. The quantitative estimate of drug-likeness (QED) is 0.903. The Kier molecular flexibility index (Phi) is 3.55. The van der Waals surface area contributed by atoms with Gasteiger partial charge in [-0.25, -0.2) is 17.2 Å². The minimum Gasteiger partial charge on any atom is -0.481 e. The van der Waals surface area contributed by atoms with Gasteiger partial charge in [-0.15, -0.1) is 0 Å². The molecule has 0 radical (unpaired) electrons. The molecule has 0 amide bonds. The van der Waals surface area contributed by atoms with Crippen LogP contribution in [0.2, 0.25) is 0 Å². The van der Waals surface area contributed by atoms with E-state index < -0.39 is 38.4 Å². The molecule has 5 nitrogen and oxygen atoms in total. The summed E-state index contributed by atoms with van der Waals surface area (Å²) in [4.78, 5) is 10.3. The first-order valence-corrected chi connectivity index (χ1v) is 6.94. The van der Waals surface area contributed by atoms with Gasteiger partial charge in [-0.3, -0.25) is 4.79 Å². The lowest BCUT2D eigenvalue weighted by atomic mass is 10.1. The number of halogens is 2. The molecule has 1 N–H and O–H groups in total. The molecule has 0 unspecified atom stereocenters. The van der Waals surface area contributed by atoms with Gasteiger partial charge in [-0.1, -0.05) is 0 Å². The lowest BCUT2D eigenvalue weighted by Crippen LogP contribution is -2.30. The number of hydrogen-bond acceptors (Lipinski definition) is 3. The minimum atomic E-state index is -4.06. The van der Waals surface area contributed by atoms with Crippen LogP contribution >= 0.6 is 0 Å². The van der Waals surface area contributed by atoms with E-state index in [0.717, 1.165) is 4.31 Å². The number of aliphatic carboxylic acids is 1. The Balaban J connectivity index is 2.31. The van der Waals surface area contributed by atoms with Crippen LogP contribution in [0.5, 0.6) is 0 Å². The minimum absolute atomic E-state index is 0.0252. The van der Waals surface area contributed by atoms with Crippen molar-refractivity contribution in [2.24, 2.45) is 5.92 Å². The van der Waals surface area contributed by atoms with Crippen molar-refractivity contribution < 1.29 is 27.1 Å². The van der Waals surface area contributed by atoms with Crippen molar-refractivity contribution in [3.63, 3.8) is 0 Å². The van der Waals surface area contributed by atoms with Crippen molar-refractivity contribution in [2.75, 3.05) is 13.1 Å². The highest BCUT2D eigenvalue weighted by Gasteiger charge is 2.36. The number of hydrogen-bond donors (Lipinski definition) is 1. The van der Waals surface area contributed by atoms with E-state index in [2.05, 4.69) is 0 Å². The molecule has 19 heavy (non-hydrogen) atoms. The van der Waals surface area contributed by atoms with E-state index >= 15 is 0 Å². The van der Waals surface area contributed by atoms with E-state index in [1.165, 1.54) is 0 Å². The van der Waals surface area contributed by atoms with Gasteiger partial charge >= 0.3 is 5.97 Å². The fraction of sp³-hybridized carbons (Fsp3) is 0.364. The molecule has 1 aromatic rings. The molecule has 0 aliphatic carbocycles. The van der Waals surface area contributed by atoms with Crippen molar-refractivity contribution in [1.29, 1.82) is 0 Å². The van der Waals surface area contributed by atoms with Crippen molar-refractivity contribution in [3.05, 3.63) is 29.8 Å². The fourth-order valence-corrected chi connectivity index (χ4v) is 3.52.